The zero-order valence-electron chi connectivity index (χ0n) is 5.17. The van der Waals surface area contributed by atoms with Gasteiger partial charge in [0.05, 0.1) is 13.2 Å². The van der Waals surface area contributed by atoms with Crippen molar-refractivity contribution in [2.45, 2.75) is 6.42 Å². The zero-order chi connectivity index (χ0) is 7.11. The average Bonchev–Trinajstić information content (AvgIpc) is 1.89. The van der Waals surface area contributed by atoms with E-state index in [9.17, 15) is 4.79 Å². The van der Waals surface area contributed by atoms with Crippen LogP contribution in [0.4, 0.5) is 0 Å². The van der Waals surface area contributed by atoms with E-state index in [-0.39, 0.29) is 49.3 Å². The van der Waals surface area contributed by atoms with Crippen LogP contribution in [0.25, 0.3) is 0 Å². The van der Waals surface area contributed by atoms with E-state index < -0.39 is 5.97 Å². The molecule has 0 saturated carbocycles. The Morgan fingerprint density at radius 3 is 2.60 bits per heavy atom. The van der Waals surface area contributed by atoms with Crippen LogP contribution in [0.15, 0.2) is 0 Å². The summed E-state index contributed by atoms with van der Waals surface area (Å²) in [5, 5.41) is 8.23. The predicted molar refractivity (Wildman–Crippen MR) is 38.9 cm³/mol. The fourth-order valence-electron chi connectivity index (χ4n) is 0.309. The maximum absolute atomic E-state index is 10.3. The first kappa shape index (κ1) is 13.0. The monoisotopic (exact) mass is 157 g/mol. The van der Waals surface area contributed by atoms with Gasteiger partial charge in [0.1, 0.15) is 0 Å². The van der Waals surface area contributed by atoms with E-state index in [4.69, 9.17) is 10.8 Å². The number of ether oxygens (including phenoxy) is 1. The first-order valence-electron chi connectivity index (χ1n) is 2.77. The van der Waals surface area contributed by atoms with Gasteiger partial charge in [0, 0.05) is 13.0 Å². The second kappa shape index (κ2) is 9.39. The summed E-state index contributed by atoms with van der Waals surface area (Å²) >= 11 is 0. The molecular weight excluding hydrogens is 145 g/mol. The first-order chi connectivity index (χ1) is 4.31. The van der Waals surface area contributed by atoms with E-state index in [2.05, 4.69) is 4.74 Å². The molecule has 0 fully saturated rings. The quantitative estimate of drug-likeness (QED) is 0.287. The molecule has 0 aromatic heterocycles. The van der Waals surface area contributed by atoms with Crippen LogP contribution in [0.5, 0.6) is 0 Å². The Morgan fingerprint density at radius 1 is 1.60 bits per heavy atom. The molecule has 0 heterocycles. The van der Waals surface area contributed by atoms with Crippen LogP contribution < -0.4 is 5.73 Å². The van der Waals surface area contributed by atoms with Gasteiger partial charge in [0.2, 0.25) is 0 Å². The Hall–Kier alpha value is 0.390. The number of rotatable bonds is 4. The van der Waals surface area contributed by atoms with E-state index >= 15 is 0 Å². The molecule has 0 rings (SSSR count). The van der Waals surface area contributed by atoms with Gasteiger partial charge in [-0.3, -0.25) is 4.79 Å². The summed E-state index contributed by atoms with van der Waals surface area (Å²) in [5.74, 6) is -0.427. The van der Waals surface area contributed by atoms with Gasteiger partial charge < -0.3 is 15.6 Å². The van der Waals surface area contributed by atoms with Crippen molar-refractivity contribution in [1.29, 1.82) is 0 Å². The standard InChI is InChI=1S/C5H11NO3.Na.H/c6-4-5(8)9-3-1-2-7;;/h7H,1-4,6H2;;. The van der Waals surface area contributed by atoms with Crippen LogP contribution in [-0.2, 0) is 9.53 Å². The molecule has 10 heavy (non-hydrogen) atoms. The van der Waals surface area contributed by atoms with Gasteiger partial charge >= 0.3 is 35.5 Å². The number of aliphatic hydroxyl groups is 1. The van der Waals surface area contributed by atoms with Crippen LogP contribution in [0, 0.1) is 0 Å². The predicted octanol–water partition coefficient (Wildman–Crippen LogP) is -1.78. The van der Waals surface area contributed by atoms with Crippen molar-refractivity contribution in [3.63, 3.8) is 0 Å². The molecular formula is C5H12NNaO3. The van der Waals surface area contributed by atoms with Crippen LogP contribution in [0.2, 0.25) is 0 Å². The van der Waals surface area contributed by atoms with Crippen molar-refractivity contribution >= 4 is 35.5 Å². The molecule has 5 heteroatoms. The molecule has 0 aromatic rings. The summed E-state index contributed by atoms with van der Waals surface area (Å²) in [6.07, 6.45) is 0.478. The van der Waals surface area contributed by atoms with Gasteiger partial charge in [-0.2, -0.15) is 0 Å². The van der Waals surface area contributed by atoms with Gasteiger partial charge in [-0.25, -0.2) is 0 Å². The summed E-state index contributed by atoms with van der Waals surface area (Å²) in [4.78, 5) is 10.3. The molecule has 0 spiro atoms. The molecule has 0 unspecified atom stereocenters. The summed E-state index contributed by atoms with van der Waals surface area (Å²) in [6, 6.07) is 0. The second-order valence-corrected chi connectivity index (χ2v) is 1.50. The maximum atomic E-state index is 10.3. The molecule has 3 N–H and O–H groups in total. The number of hydrogen-bond donors (Lipinski definition) is 2. The minimum absolute atomic E-state index is 0. The molecule has 0 bridgehead atoms. The minimum atomic E-state index is -0.427. The third-order valence-electron chi connectivity index (χ3n) is 0.732. The fourth-order valence-corrected chi connectivity index (χ4v) is 0.309. The van der Waals surface area contributed by atoms with Crippen molar-refractivity contribution in [1.82, 2.24) is 0 Å². The number of hydrogen-bond acceptors (Lipinski definition) is 4. The summed E-state index contributed by atoms with van der Waals surface area (Å²) < 4.78 is 4.51. The number of carbonyl (C=O) groups excluding carboxylic acids is 1. The Bertz CT molecular complexity index is 89.0. The third-order valence-corrected chi connectivity index (χ3v) is 0.732. The van der Waals surface area contributed by atoms with Crippen molar-refractivity contribution in [3.05, 3.63) is 0 Å². The van der Waals surface area contributed by atoms with Crippen LogP contribution in [0.1, 0.15) is 6.42 Å². The molecule has 0 saturated heterocycles. The molecule has 0 aliphatic heterocycles. The van der Waals surface area contributed by atoms with Gasteiger partial charge in [-0.1, -0.05) is 0 Å². The van der Waals surface area contributed by atoms with Crippen molar-refractivity contribution in [2.24, 2.45) is 5.73 Å². The molecule has 0 aromatic carbocycles. The number of nitrogens with two attached hydrogens (primary N) is 1. The first-order valence-corrected chi connectivity index (χ1v) is 2.77. The Balaban J connectivity index is 0. The van der Waals surface area contributed by atoms with Gasteiger partial charge in [-0.05, 0) is 0 Å². The third kappa shape index (κ3) is 8.39. The fraction of sp³-hybridized carbons (Fsp3) is 0.800. The Morgan fingerprint density at radius 2 is 2.20 bits per heavy atom. The molecule has 4 nitrogen and oxygen atoms in total. The number of carbonyl (C=O) groups is 1. The van der Waals surface area contributed by atoms with Gasteiger partial charge in [0.25, 0.3) is 0 Å². The molecule has 0 atom stereocenters. The average molecular weight is 157 g/mol. The van der Waals surface area contributed by atoms with E-state index in [1.165, 1.54) is 0 Å². The van der Waals surface area contributed by atoms with E-state index in [1.807, 2.05) is 0 Å². The van der Waals surface area contributed by atoms with Crippen LogP contribution in [0.3, 0.4) is 0 Å². The number of aliphatic hydroxyl groups excluding tert-OH is 1. The Kier molecular flexibility index (Phi) is 12.2. The SMILES string of the molecule is NCC(=O)OCCCO.[NaH]. The van der Waals surface area contributed by atoms with Crippen LogP contribution in [-0.4, -0.2) is 60.4 Å². The Labute approximate surface area is 82.0 Å². The normalized spacial score (nSPS) is 8.20. The van der Waals surface area contributed by atoms with Crippen molar-refractivity contribution < 1.29 is 14.6 Å². The van der Waals surface area contributed by atoms with Crippen molar-refractivity contribution in [3.8, 4) is 0 Å². The molecule has 0 amide bonds. The summed E-state index contributed by atoms with van der Waals surface area (Å²) in [5.41, 5.74) is 4.92. The molecule has 0 radical (unpaired) electrons. The van der Waals surface area contributed by atoms with E-state index in [0.717, 1.165) is 0 Å². The second-order valence-electron chi connectivity index (χ2n) is 1.50. The van der Waals surface area contributed by atoms with E-state index in [0.29, 0.717) is 6.42 Å². The molecule has 0 aliphatic rings. The number of esters is 1. The van der Waals surface area contributed by atoms with Crippen LogP contribution >= 0.6 is 0 Å². The van der Waals surface area contributed by atoms with Gasteiger partial charge in [-0.15, -0.1) is 0 Å². The molecule has 56 valence electrons. The van der Waals surface area contributed by atoms with E-state index in [1.54, 1.807) is 0 Å². The summed E-state index contributed by atoms with van der Waals surface area (Å²) in [6.45, 7) is 0.204. The van der Waals surface area contributed by atoms with Crippen molar-refractivity contribution in [2.75, 3.05) is 19.8 Å². The topological polar surface area (TPSA) is 72.6 Å². The van der Waals surface area contributed by atoms with Gasteiger partial charge in [0.15, 0.2) is 0 Å². The summed E-state index contributed by atoms with van der Waals surface area (Å²) in [7, 11) is 0. The molecule has 0 aliphatic carbocycles. The zero-order valence-corrected chi connectivity index (χ0v) is 5.17.